The molecular formula is C17H21N3O. The molecule has 1 saturated heterocycles. The van der Waals surface area contributed by atoms with Crippen LogP contribution in [0.25, 0.3) is 11.3 Å². The van der Waals surface area contributed by atoms with Crippen LogP contribution in [0.15, 0.2) is 36.4 Å². The van der Waals surface area contributed by atoms with Crippen LogP contribution in [-0.2, 0) is 7.05 Å². The predicted octanol–water partition coefficient (Wildman–Crippen LogP) is 2.96. The summed E-state index contributed by atoms with van der Waals surface area (Å²) in [5.41, 5.74) is 2.61. The maximum absolute atomic E-state index is 12.6. The lowest BCUT2D eigenvalue weighted by molar-refractivity contribution is 0.0690. The number of hydrogen-bond donors (Lipinski definition) is 0. The number of hydrogen-bond acceptors (Lipinski definition) is 2. The fourth-order valence-corrected chi connectivity index (χ4v) is 2.82. The van der Waals surface area contributed by atoms with Crippen LogP contribution in [0.1, 0.15) is 30.3 Å². The first kappa shape index (κ1) is 13.9. The highest BCUT2D eigenvalue weighted by Gasteiger charge is 2.24. The molecule has 1 aliphatic heterocycles. The fourth-order valence-electron chi connectivity index (χ4n) is 2.82. The van der Waals surface area contributed by atoms with Crippen molar-refractivity contribution < 1.29 is 4.79 Å². The summed E-state index contributed by atoms with van der Waals surface area (Å²) in [6, 6.07) is 11.9. The average Bonchev–Trinajstić information content (AvgIpc) is 2.90. The van der Waals surface area contributed by atoms with Crippen LogP contribution < -0.4 is 0 Å². The van der Waals surface area contributed by atoms with Gasteiger partial charge in [-0.2, -0.15) is 5.10 Å². The lowest BCUT2D eigenvalue weighted by Gasteiger charge is -2.29. The molecule has 2 aromatic rings. The number of piperidine rings is 1. The molecule has 1 aliphatic rings. The van der Waals surface area contributed by atoms with E-state index in [1.165, 1.54) is 0 Å². The molecule has 1 amide bonds. The lowest BCUT2D eigenvalue weighted by atomic mass is 9.99. The van der Waals surface area contributed by atoms with Crippen molar-refractivity contribution in [3.8, 4) is 11.3 Å². The Labute approximate surface area is 125 Å². The zero-order chi connectivity index (χ0) is 14.8. The van der Waals surface area contributed by atoms with Crippen molar-refractivity contribution in [2.24, 2.45) is 13.0 Å². The Hall–Kier alpha value is -2.10. The summed E-state index contributed by atoms with van der Waals surface area (Å²) in [5, 5.41) is 4.41. The number of benzene rings is 1. The molecule has 0 N–H and O–H groups in total. The number of carbonyl (C=O) groups is 1. The van der Waals surface area contributed by atoms with Gasteiger partial charge in [-0.1, -0.05) is 37.3 Å². The van der Waals surface area contributed by atoms with Crippen LogP contribution in [0.3, 0.4) is 0 Å². The molecule has 1 aromatic carbocycles. The number of rotatable bonds is 2. The Kier molecular flexibility index (Phi) is 3.78. The number of amides is 1. The van der Waals surface area contributed by atoms with Crippen LogP contribution in [0.2, 0.25) is 0 Å². The summed E-state index contributed by atoms with van der Waals surface area (Å²) in [7, 11) is 1.89. The van der Waals surface area contributed by atoms with Gasteiger partial charge in [-0.3, -0.25) is 9.48 Å². The standard InChI is InChI=1S/C17H21N3O/c1-13-8-10-20(11-9-13)17(21)15-12-16(19(2)18-15)14-6-4-3-5-7-14/h3-7,12-13H,8-11H2,1-2H3. The molecule has 110 valence electrons. The number of aryl methyl sites for hydroxylation is 1. The third-order valence-electron chi connectivity index (χ3n) is 4.24. The molecule has 0 radical (unpaired) electrons. The summed E-state index contributed by atoms with van der Waals surface area (Å²) >= 11 is 0. The second kappa shape index (κ2) is 5.72. The van der Waals surface area contributed by atoms with Gasteiger partial charge in [-0.05, 0) is 30.4 Å². The van der Waals surface area contributed by atoms with Crippen molar-refractivity contribution in [1.29, 1.82) is 0 Å². The van der Waals surface area contributed by atoms with Gasteiger partial charge in [0, 0.05) is 20.1 Å². The van der Waals surface area contributed by atoms with Gasteiger partial charge in [0.15, 0.2) is 5.69 Å². The van der Waals surface area contributed by atoms with E-state index in [0.29, 0.717) is 5.69 Å². The van der Waals surface area contributed by atoms with E-state index in [1.54, 1.807) is 4.68 Å². The third kappa shape index (κ3) is 2.84. The predicted molar refractivity (Wildman–Crippen MR) is 82.9 cm³/mol. The van der Waals surface area contributed by atoms with Gasteiger partial charge in [0.1, 0.15) is 0 Å². The van der Waals surface area contributed by atoms with Crippen molar-refractivity contribution >= 4 is 5.91 Å². The van der Waals surface area contributed by atoms with E-state index in [-0.39, 0.29) is 5.91 Å². The first-order valence-corrected chi connectivity index (χ1v) is 7.54. The normalized spacial score (nSPS) is 16.2. The first-order valence-electron chi connectivity index (χ1n) is 7.54. The fraction of sp³-hybridized carbons (Fsp3) is 0.412. The van der Waals surface area contributed by atoms with Crippen molar-refractivity contribution in [3.05, 3.63) is 42.1 Å². The largest absolute Gasteiger partial charge is 0.337 e. The average molecular weight is 283 g/mol. The molecule has 1 aromatic heterocycles. The van der Waals surface area contributed by atoms with E-state index in [4.69, 9.17) is 0 Å². The topological polar surface area (TPSA) is 38.1 Å². The van der Waals surface area contributed by atoms with Crippen molar-refractivity contribution in [2.45, 2.75) is 19.8 Å². The van der Waals surface area contributed by atoms with Gasteiger partial charge in [-0.15, -0.1) is 0 Å². The van der Waals surface area contributed by atoms with E-state index in [9.17, 15) is 4.79 Å². The molecule has 0 saturated carbocycles. The molecule has 4 heteroatoms. The molecule has 0 aliphatic carbocycles. The minimum atomic E-state index is 0.0553. The van der Waals surface area contributed by atoms with Gasteiger partial charge in [0.05, 0.1) is 5.69 Å². The van der Waals surface area contributed by atoms with Gasteiger partial charge < -0.3 is 4.90 Å². The summed E-state index contributed by atoms with van der Waals surface area (Å²) in [6.07, 6.45) is 2.17. The van der Waals surface area contributed by atoms with Crippen LogP contribution in [0.5, 0.6) is 0 Å². The minimum absolute atomic E-state index is 0.0553. The second-order valence-corrected chi connectivity index (χ2v) is 5.88. The second-order valence-electron chi connectivity index (χ2n) is 5.88. The summed E-state index contributed by atoms with van der Waals surface area (Å²) < 4.78 is 1.79. The van der Waals surface area contributed by atoms with Crippen LogP contribution >= 0.6 is 0 Å². The van der Waals surface area contributed by atoms with Gasteiger partial charge in [0.25, 0.3) is 5.91 Å². The Morgan fingerprint density at radius 1 is 1.19 bits per heavy atom. The van der Waals surface area contributed by atoms with Gasteiger partial charge in [0.2, 0.25) is 0 Å². The number of aromatic nitrogens is 2. The maximum Gasteiger partial charge on any atom is 0.274 e. The lowest BCUT2D eigenvalue weighted by Crippen LogP contribution is -2.38. The van der Waals surface area contributed by atoms with E-state index in [1.807, 2.05) is 48.3 Å². The van der Waals surface area contributed by atoms with Gasteiger partial charge in [-0.25, -0.2) is 0 Å². The number of likely N-dealkylation sites (tertiary alicyclic amines) is 1. The molecule has 0 spiro atoms. The Balaban J connectivity index is 1.82. The zero-order valence-electron chi connectivity index (χ0n) is 12.6. The SMILES string of the molecule is CC1CCN(C(=O)c2cc(-c3ccccc3)n(C)n2)CC1. The number of carbonyl (C=O) groups excluding carboxylic acids is 1. The Morgan fingerprint density at radius 3 is 2.52 bits per heavy atom. The quantitative estimate of drug-likeness (QED) is 0.850. The molecule has 4 nitrogen and oxygen atoms in total. The van der Waals surface area contributed by atoms with Crippen LogP contribution in [-0.4, -0.2) is 33.7 Å². The third-order valence-corrected chi connectivity index (χ3v) is 4.24. The van der Waals surface area contributed by atoms with E-state index in [2.05, 4.69) is 12.0 Å². The molecule has 0 bridgehead atoms. The molecule has 21 heavy (non-hydrogen) atoms. The van der Waals surface area contributed by atoms with Crippen molar-refractivity contribution in [2.75, 3.05) is 13.1 Å². The highest BCUT2D eigenvalue weighted by molar-refractivity contribution is 5.93. The van der Waals surface area contributed by atoms with E-state index in [0.717, 1.165) is 43.1 Å². The summed E-state index contributed by atoms with van der Waals surface area (Å²) in [4.78, 5) is 14.5. The highest BCUT2D eigenvalue weighted by atomic mass is 16.2. The maximum atomic E-state index is 12.6. The molecule has 2 heterocycles. The summed E-state index contributed by atoms with van der Waals surface area (Å²) in [6.45, 7) is 3.94. The molecule has 1 fully saturated rings. The molecule has 3 rings (SSSR count). The number of nitrogens with zero attached hydrogens (tertiary/aromatic N) is 3. The monoisotopic (exact) mass is 283 g/mol. The van der Waals surface area contributed by atoms with Gasteiger partial charge >= 0.3 is 0 Å². The smallest absolute Gasteiger partial charge is 0.274 e. The van der Waals surface area contributed by atoms with Crippen molar-refractivity contribution in [1.82, 2.24) is 14.7 Å². The van der Waals surface area contributed by atoms with E-state index < -0.39 is 0 Å². The zero-order valence-corrected chi connectivity index (χ0v) is 12.6. The Morgan fingerprint density at radius 2 is 1.86 bits per heavy atom. The molecular weight excluding hydrogens is 262 g/mol. The molecule has 0 atom stereocenters. The molecule has 0 unspecified atom stereocenters. The summed E-state index contributed by atoms with van der Waals surface area (Å²) in [5.74, 6) is 0.775. The first-order chi connectivity index (χ1) is 10.1. The van der Waals surface area contributed by atoms with E-state index >= 15 is 0 Å². The van der Waals surface area contributed by atoms with Crippen LogP contribution in [0, 0.1) is 5.92 Å². The van der Waals surface area contributed by atoms with Crippen LogP contribution in [0.4, 0.5) is 0 Å². The minimum Gasteiger partial charge on any atom is -0.337 e. The van der Waals surface area contributed by atoms with Crippen molar-refractivity contribution in [3.63, 3.8) is 0 Å². The Bertz CT molecular complexity index is 625. The highest BCUT2D eigenvalue weighted by Crippen LogP contribution is 2.22.